The van der Waals surface area contributed by atoms with Crippen molar-refractivity contribution in [3.05, 3.63) is 69.9 Å². The zero-order chi connectivity index (χ0) is 16.8. The number of aromatic nitrogens is 2. The van der Waals surface area contributed by atoms with Gasteiger partial charge in [0.05, 0.1) is 21.2 Å². The number of hydrogen-bond acceptors (Lipinski definition) is 2. The number of alkyl halides is 3. The van der Waals surface area contributed by atoms with Crippen molar-refractivity contribution in [3.8, 4) is 11.3 Å². The first kappa shape index (κ1) is 15.1. The lowest BCUT2D eigenvalue weighted by Crippen LogP contribution is -2.24. The first-order chi connectivity index (χ1) is 10.8. The molecule has 23 heavy (non-hydrogen) atoms. The molecule has 3 rings (SSSR count). The molecular formula is C16H11F3N2O2. The van der Waals surface area contributed by atoms with Crippen molar-refractivity contribution in [1.82, 2.24) is 4.73 Å². The average molecular weight is 320 g/mol. The number of para-hydroxylation sites is 2. The van der Waals surface area contributed by atoms with E-state index < -0.39 is 11.7 Å². The maximum Gasteiger partial charge on any atom is 0.416 e. The second-order valence-electron chi connectivity index (χ2n) is 5.09. The molecule has 118 valence electrons. The third kappa shape index (κ3) is 2.44. The Morgan fingerprint density at radius 3 is 2.48 bits per heavy atom. The predicted molar refractivity (Wildman–Crippen MR) is 79.2 cm³/mol. The molecule has 0 amide bonds. The van der Waals surface area contributed by atoms with Gasteiger partial charge in [-0.25, -0.2) is 0 Å². The molecule has 0 saturated heterocycles. The average Bonchev–Trinajstić information content (AvgIpc) is 2.52. The Hall–Kier alpha value is -2.83. The SMILES string of the molecule is Cc1c(-c2cccc(C(F)(F)F)c2)[n+](=O)c2ccccc2n1[O-]. The minimum Gasteiger partial charge on any atom is -0.805 e. The molecule has 0 saturated carbocycles. The largest absolute Gasteiger partial charge is 0.805 e. The molecule has 0 spiro atoms. The van der Waals surface area contributed by atoms with Crippen LogP contribution in [0.1, 0.15) is 11.3 Å². The van der Waals surface area contributed by atoms with Gasteiger partial charge in [0.25, 0.3) is 11.2 Å². The molecule has 0 N–H and O–H groups in total. The van der Waals surface area contributed by atoms with Gasteiger partial charge in [0.1, 0.15) is 5.52 Å². The summed E-state index contributed by atoms with van der Waals surface area (Å²) in [5.74, 6) is 0. The molecule has 0 aliphatic heterocycles. The van der Waals surface area contributed by atoms with Crippen molar-refractivity contribution in [3.63, 3.8) is 0 Å². The lowest BCUT2D eigenvalue weighted by molar-refractivity contribution is -0.452. The van der Waals surface area contributed by atoms with Gasteiger partial charge in [-0.05, 0) is 31.2 Å². The standard InChI is InChI=1S/C16H11F3N2O2/c1-10-15(11-5-4-6-12(9-11)16(17,18)19)21(23)14-8-3-2-7-13(14)20(10)22/h2-9H,1H3. The second kappa shape index (κ2) is 5.12. The first-order valence-electron chi connectivity index (χ1n) is 6.73. The van der Waals surface area contributed by atoms with Crippen molar-refractivity contribution < 1.29 is 17.6 Å². The van der Waals surface area contributed by atoms with E-state index in [-0.39, 0.29) is 28.0 Å². The lowest BCUT2D eigenvalue weighted by atomic mass is 10.1. The smallest absolute Gasteiger partial charge is 0.416 e. The van der Waals surface area contributed by atoms with Crippen LogP contribution in [-0.2, 0) is 6.18 Å². The number of hydrogen-bond donors (Lipinski definition) is 0. The number of benzene rings is 2. The van der Waals surface area contributed by atoms with Crippen molar-refractivity contribution in [1.29, 1.82) is 0 Å². The molecule has 0 unspecified atom stereocenters. The molecular weight excluding hydrogens is 309 g/mol. The van der Waals surface area contributed by atoms with E-state index in [1.54, 1.807) is 12.1 Å². The third-order valence-electron chi connectivity index (χ3n) is 3.63. The minimum absolute atomic E-state index is 0.0398. The highest BCUT2D eigenvalue weighted by atomic mass is 19.4. The minimum atomic E-state index is -4.53. The van der Waals surface area contributed by atoms with Crippen molar-refractivity contribution >= 4 is 11.0 Å². The van der Waals surface area contributed by atoms with E-state index in [1.807, 2.05) is 0 Å². The van der Waals surface area contributed by atoms with Crippen LogP contribution in [0.3, 0.4) is 0 Å². The summed E-state index contributed by atoms with van der Waals surface area (Å²) in [6, 6.07) is 10.5. The summed E-state index contributed by atoms with van der Waals surface area (Å²) >= 11 is 0. The van der Waals surface area contributed by atoms with Crippen LogP contribution in [0.25, 0.3) is 22.3 Å². The van der Waals surface area contributed by atoms with Gasteiger partial charge in [-0.15, -0.1) is 0 Å². The van der Waals surface area contributed by atoms with Gasteiger partial charge in [-0.2, -0.15) is 13.2 Å². The summed E-state index contributed by atoms with van der Waals surface area (Å²) in [4.78, 5) is 12.5. The van der Waals surface area contributed by atoms with Crippen LogP contribution in [0.4, 0.5) is 13.2 Å². The second-order valence-corrected chi connectivity index (χ2v) is 5.09. The molecule has 0 aliphatic rings. The normalized spacial score (nSPS) is 11.8. The molecule has 7 heteroatoms. The summed E-state index contributed by atoms with van der Waals surface area (Å²) in [7, 11) is 0. The quantitative estimate of drug-likeness (QED) is 0.639. The maximum atomic E-state index is 12.9. The van der Waals surface area contributed by atoms with Crippen molar-refractivity contribution in [2.24, 2.45) is 0 Å². The summed E-state index contributed by atoms with van der Waals surface area (Å²) < 4.78 is 39.6. The first-order valence-corrected chi connectivity index (χ1v) is 6.73. The highest BCUT2D eigenvalue weighted by Gasteiger charge is 2.32. The van der Waals surface area contributed by atoms with E-state index in [0.29, 0.717) is 9.16 Å². The predicted octanol–water partition coefficient (Wildman–Crippen LogP) is 3.90. The zero-order valence-corrected chi connectivity index (χ0v) is 12.0. The molecule has 0 bridgehead atoms. The van der Waals surface area contributed by atoms with Gasteiger partial charge in [-0.1, -0.05) is 18.2 Å². The number of halogens is 3. The van der Waals surface area contributed by atoms with E-state index in [4.69, 9.17) is 0 Å². The Labute approximate surface area is 128 Å². The lowest BCUT2D eigenvalue weighted by Gasteiger charge is -2.16. The van der Waals surface area contributed by atoms with E-state index >= 15 is 0 Å². The van der Waals surface area contributed by atoms with Gasteiger partial charge in [0.15, 0.2) is 0 Å². The van der Waals surface area contributed by atoms with E-state index in [0.717, 1.165) is 12.1 Å². The highest BCUT2D eigenvalue weighted by molar-refractivity contribution is 5.75. The molecule has 1 aromatic heterocycles. The Bertz CT molecular complexity index is 962. The van der Waals surface area contributed by atoms with Gasteiger partial charge < -0.3 is 9.94 Å². The summed E-state index contributed by atoms with van der Waals surface area (Å²) in [5.41, 5.74) is -0.623. The zero-order valence-electron chi connectivity index (χ0n) is 12.0. The molecule has 3 aromatic rings. The third-order valence-corrected chi connectivity index (χ3v) is 3.63. The van der Waals surface area contributed by atoms with Crippen LogP contribution in [0.15, 0.2) is 48.5 Å². The number of nitrogens with zero attached hydrogens (tertiary/aromatic N) is 2. The van der Waals surface area contributed by atoms with Crippen molar-refractivity contribution in [2.75, 3.05) is 0 Å². The van der Waals surface area contributed by atoms with Gasteiger partial charge in [-0.3, -0.25) is 0 Å². The Morgan fingerprint density at radius 1 is 1.09 bits per heavy atom. The van der Waals surface area contributed by atoms with Gasteiger partial charge in [0.2, 0.25) is 0 Å². The van der Waals surface area contributed by atoms with Crippen LogP contribution in [0, 0.1) is 17.0 Å². The molecule has 4 nitrogen and oxygen atoms in total. The molecule has 0 radical (unpaired) electrons. The topological polar surface area (TPSA) is 51.0 Å². The molecule has 2 aromatic carbocycles. The summed E-state index contributed by atoms with van der Waals surface area (Å²) in [5, 5.41) is 12.3. The van der Waals surface area contributed by atoms with E-state index in [2.05, 4.69) is 0 Å². The highest BCUT2D eigenvalue weighted by Crippen LogP contribution is 2.32. The Balaban J connectivity index is 2.36. The molecule has 0 atom stereocenters. The maximum absolute atomic E-state index is 12.9. The fraction of sp³-hybridized carbons (Fsp3) is 0.125. The Kier molecular flexibility index (Phi) is 3.35. The summed E-state index contributed by atoms with van der Waals surface area (Å²) in [6.45, 7) is 1.41. The number of rotatable bonds is 1. The van der Waals surface area contributed by atoms with Crippen molar-refractivity contribution in [2.45, 2.75) is 13.1 Å². The fourth-order valence-electron chi connectivity index (χ4n) is 2.52. The molecule has 1 heterocycles. The molecule has 0 fully saturated rings. The fourth-order valence-corrected chi connectivity index (χ4v) is 2.52. The van der Waals surface area contributed by atoms with Crippen LogP contribution in [0.5, 0.6) is 0 Å². The Morgan fingerprint density at radius 2 is 1.78 bits per heavy atom. The van der Waals surface area contributed by atoms with Gasteiger partial charge >= 0.3 is 6.18 Å². The van der Waals surface area contributed by atoms with Crippen LogP contribution in [-0.4, -0.2) is 4.73 Å². The van der Waals surface area contributed by atoms with Crippen LogP contribution < -0.4 is 4.43 Å². The van der Waals surface area contributed by atoms with E-state index in [9.17, 15) is 23.3 Å². The van der Waals surface area contributed by atoms with Crippen LogP contribution in [0.2, 0.25) is 0 Å². The van der Waals surface area contributed by atoms with E-state index in [1.165, 1.54) is 31.2 Å². The monoisotopic (exact) mass is 320 g/mol. The molecule has 0 aliphatic carbocycles. The number of fused-ring (bicyclic) bond motifs is 1. The van der Waals surface area contributed by atoms with Crippen LogP contribution >= 0.6 is 0 Å². The summed E-state index contributed by atoms with van der Waals surface area (Å²) in [6.07, 6.45) is -4.53. The van der Waals surface area contributed by atoms with Gasteiger partial charge in [0, 0.05) is 11.0 Å².